The summed E-state index contributed by atoms with van der Waals surface area (Å²) in [5, 5.41) is 7.30. The van der Waals surface area contributed by atoms with Gasteiger partial charge in [0, 0.05) is 11.4 Å². The molecule has 3 rings (SSSR count). The lowest BCUT2D eigenvalue weighted by molar-refractivity contribution is -0.123. The number of amides is 1. The predicted octanol–water partition coefficient (Wildman–Crippen LogP) is 3.92. The molecule has 1 amide bonds. The molecule has 0 bridgehead atoms. The number of benzene rings is 3. The first kappa shape index (κ1) is 24.4. The number of carbonyl (C=O) groups excluding carboxylic acids is 1. The van der Waals surface area contributed by atoms with E-state index in [0.29, 0.717) is 19.3 Å². The molecule has 6 heteroatoms. The lowest BCUT2D eigenvalue weighted by atomic mass is 10.0. The van der Waals surface area contributed by atoms with E-state index in [1.165, 1.54) is 5.41 Å². The van der Waals surface area contributed by atoms with Gasteiger partial charge in [-0.25, -0.2) is 8.42 Å². The fourth-order valence-corrected chi connectivity index (χ4v) is 4.62. The number of hydrogen-bond donors (Lipinski definition) is 2. The summed E-state index contributed by atoms with van der Waals surface area (Å²) in [6.07, 6.45) is 3.42. The maximum Gasteiger partial charge on any atom is 0.237 e. The summed E-state index contributed by atoms with van der Waals surface area (Å²) in [4.78, 5) is 13.3. The quantitative estimate of drug-likeness (QED) is 0.453. The first-order valence-corrected chi connectivity index (χ1v) is 12.6. The molecule has 0 saturated carbocycles. The van der Waals surface area contributed by atoms with Gasteiger partial charge in [0.1, 0.15) is 0 Å². The zero-order valence-electron chi connectivity index (χ0n) is 18.7. The molecule has 0 saturated heterocycles. The first-order valence-electron chi connectivity index (χ1n) is 11.0. The van der Waals surface area contributed by atoms with Crippen LogP contribution in [0, 0.1) is 0 Å². The summed E-state index contributed by atoms with van der Waals surface area (Å²) in [6, 6.07) is 27.2. The van der Waals surface area contributed by atoms with Crippen molar-refractivity contribution in [1.29, 1.82) is 0 Å². The van der Waals surface area contributed by atoms with Crippen LogP contribution in [-0.4, -0.2) is 33.5 Å². The highest BCUT2D eigenvalue weighted by atomic mass is 32.2. The van der Waals surface area contributed by atoms with Crippen molar-refractivity contribution in [1.82, 2.24) is 10.6 Å². The van der Waals surface area contributed by atoms with Crippen LogP contribution in [0.25, 0.3) is 0 Å². The topological polar surface area (TPSA) is 75.3 Å². The molecule has 0 aliphatic heterocycles. The average molecular weight is 463 g/mol. The third-order valence-electron chi connectivity index (χ3n) is 5.42. The molecule has 172 valence electrons. The minimum Gasteiger partial charge on any atom is -0.348 e. The van der Waals surface area contributed by atoms with E-state index in [9.17, 15) is 13.2 Å². The van der Waals surface area contributed by atoms with E-state index in [-0.39, 0.29) is 10.8 Å². The second-order valence-electron chi connectivity index (χ2n) is 7.86. The Bertz CT molecular complexity index is 1130. The van der Waals surface area contributed by atoms with Crippen LogP contribution in [0.4, 0.5) is 0 Å². The highest BCUT2D eigenvalue weighted by Crippen LogP contribution is 2.13. The van der Waals surface area contributed by atoms with Gasteiger partial charge in [-0.3, -0.25) is 4.79 Å². The van der Waals surface area contributed by atoms with Crippen molar-refractivity contribution in [3.63, 3.8) is 0 Å². The molecule has 0 heterocycles. The molecule has 3 aromatic carbocycles. The Hall–Kier alpha value is -3.22. The van der Waals surface area contributed by atoms with Crippen LogP contribution in [0.15, 0.2) is 107 Å². The molecule has 1 unspecified atom stereocenters. The molecule has 2 atom stereocenters. The fourth-order valence-electron chi connectivity index (χ4n) is 3.53. The number of sulfone groups is 1. The van der Waals surface area contributed by atoms with Gasteiger partial charge in [0.2, 0.25) is 5.91 Å². The van der Waals surface area contributed by atoms with Crippen LogP contribution in [-0.2, 0) is 27.5 Å². The van der Waals surface area contributed by atoms with E-state index >= 15 is 0 Å². The van der Waals surface area contributed by atoms with Crippen molar-refractivity contribution in [3.05, 3.63) is 114 Å². The SMILES string of the molecule is CNC(Cc1ccccc1)C(=O)N[C@H](/C=C/S(=O)(=O)c1ccccc1)CCc1ccccc1. The van der Waals surface area contributed by atoms with E-state index < -0.39 is 21.9 Å². The Labute approximate surface area is 196 Å². The summed E-state index contributed by atoms with van der Waals surface area (Å²) in [5.74, 6) is -0.166. The van der Waals surface area contributed by atoms with Gasteiger partial charge >= 0.3 is 0 Å². The highest BCUT2D eigenvalue weighted by Gasteiger charge is 2.20. The van der Waals surface area contributed by atoms with Crippen molar-refractivity contribution in [2.75, 3.05) is 7.05 Å². The first-order chi connectivity index (χ1) is 16.0. The molecule has 0 fully saturated rings. The maximum atomic E-state index is 13.0. The molecule has 0 aliphatic carbocycles. The van der Waals surface area contributed by atoms with Crippen LogP contribution in [0.2, 0.25) is 0 Å². The van der Waals surface area contributed by atoms with Crippen LogP contribution in [0.3, 0.4) is 0 Å². The van der Waals surface area contributed by atoms with Gasteiger partial charge in [0.25, 0.3) is 0 Å². The van der Waals surface area contributed by atoms with Crippen molar-refractivity contribution in [2.24, 2.45) is 0 Å². The standard InChI is InChI=1S/C27H30N2O3S/c1-28-26(21-23-13-7-3-8-14-23)27(30)29-24(18-17-22-11-5-2-6-12-22)19-20-33(31,32)25-15-9-4-10-16-25/h2-16,19-20,24,26,28H,17-18,21H2,1H3,(H,29,30)/b20-19+/t24-,26?/m0/s1. The molecule has 5 nitrogen and oxygen atoms in total. The zero-order chi connectivity index (χ0) is 23.5. The summed E-state index contributed by atoms with van der Waals surface area (Å²) in [5.41, 5.74) is 2.18. The Morgan fingerprint density at radius 2 is 1.39 bits per heavy atom. The highest BCUT2D eigenvalue weighted by molar-refractivity contribution is 7.94. The summed E-state index contributed by atoms with van der Waals surface area (Å²) in [6.45, 7) is 0. The Balaban J connectivity index is 1.74. The van der Waals surface area contributed by atoms with E-state index in [1.54, 1.807) is 43.5 Å². The Morgan fingerprint density at radius 1 is 0.848 bits per heavy atom. The molecular formula is C27H30N2O3S. The smallest absolute Gasteiger partial charge is 0.237 e. The number of hydrogen-bond acceptors (Lipinski definition) is 4. The maximum absolute atomic E-state index is 13.0. The summed E-state index contributed by atoms with van der Waals surface area (Å²) in [7, 11) is -1.84. The van der Waals surface area contributed by atoms with Gasteiger partial charge in [0.05, 0.1) is 10.9 Å². The third kappa shape index (κ3) is 7.70. The molecule has 33 heavy (non-hydrogen) atoms. The predicted molar refractivity (Wildman–Crippen MR) is 132 cm³/mol. The summed E-state index contributed by atoms with van der Waals surface area (Å²) >= 11 is 0. The number of aryl methyl sites for hydroxylation is 1. The lowest BCUT2D eigenvalue weighted by Gasteiger charge is -2.21. The lowest BCUT2D eigenvalue weighted by Crippen LogP contribution is -2.47. The van der Waals surface area contributed by atoms with Crippen molar-refractivity contribution in [2.45, 2.75) is 36.2 Å². The number of rotatable bonds is 11. The second kappa shape index (κ2) is 12.1. The minimum absolute atomic E-state index is 0.166. The Morgan fingerprint density at radius 3 is 1.97 bits per heavy atom. The van der Waals surface area contributed by atoms with Crippen molar-refractivity contribution >= 4 is 15.7 Å². The number of carbonyl (C=O) groups is 1. The van der Waals surface area contributed by atoms with Gasteiger partial charge in [-0.1, -0.05) is 84.9 Å². The molecule has 0 spiro atoms. The molecule has 0 aromatic heterocycles. The van der Waals surface area contributed by atoms with E-state index in [2.05, 4.69) is 10.6 Å². The van der Waals surface area contributed by atoms with E-state index in [4.69, 9.17) is 0 Å². The van der Waals surface area contributed by atoms with Gasteiger partial charge in [0.15, 0.2) is 9.84 Å². The normalized spacial score (nSPS) is 13.5. The van der Waals surface area contributed by atoms with E-state index in [0.717, 1.165) is 11.1 Å². The molecule has 3 aromatic rings. The molecule has 0 aliphatic rings. The average Bonchev–Trinajstić information content (AvgIpc) is 2.86. The number of nitrogens with one attached hydrogen (secondary N) is 2. The van der Waals surface area contributed by atoms with Crippen LogP contribution in [0.5, 0.6) is 0 Å². The fraction of sp³-hybridized carbons (Fsp3) is 0.222. The second-order valence-corrected chi connectivity index (χ2v) is 9.69. The largest absolute Gasteiger partial charge is 0.348 e. The molecular weight excluding hydrogens is 432 g/mol. The van der Waals surface area contributed by atoms with Crippen LogP contribution >= 0.6 is 0 Å². The monoisotopic (exact) mass is 462 g/mol. The number of likely N-dealkylation sites (N-methyl/N-ethyl adjacent to an activating group) is 1. The van der Waals surface area contributed by atoms with Gasteiger partial charge in [-0.2, -0.15) is 0 Å². The van der Waals surface area contributed by atoms with Crippen LogP contribution in [0.1, 0.15) is 17.5 Å². The minimum atomic E-state index is -3.60. The van der Waals surface area contributed by atoms with Crippen molar-refractivity contribution < 1.29 is 13.2 Å². The van der Waals surface area contributed by atoms with E-state index in [1.807, 2.05) is 60.7 Å². The third-order valence-corrected chi connectivity index (χ3v) is 6.87. The summed E-state index contributed by atoms with van der Waals surface area (Å²) < 4.78 is 25.4. The molecule has 2 N–H and O–H groups in total. The van der Waals surface area contributed by atoms with Crippen molar-refractivity contribution in [3.8, 4) is 0 Å². The van der Waals surface area contributed by atoms with Gasteiger partial charge in [-0.05, 0) is 49.6 Å². The van der Waals surface area contributed by atoms with Gasteiger partial charge < -0.3 is 10.6 Å². The van der Waals surface area contributed by atoms with Gasteiger partial charge in [-0.15, -0.1) is 0 Å². The Kier molecular flexibility index (Phi) is 8.98. The molecule has 0 radical (unpaired) electrons. The van der Waals surface area contributed by atoms with Crippen LogP contribution < -0.4 is 10.6 Å². The zero-order valence-corrected chi connectivity index (χ0v) is 19.5.